The number of hydrogen-bond donors (Lipinski definition) is 0. The number of nitrogens with zero attached hydrogens (tertiary/aromatic N) is 1. The zero-order valence-electron chi connectivity index (χ0n) is 7.07. The van der Waals surface area contributed by atoms with Crippen LogP contribution in [0.3, 0.4) is 0 Å². The van der Waals surface area contributed by atoms with Gasteiger partial charge in [-0.1, -0.05) is 0 Å². The summed E-state index contributed by atoms with van der Waals surface area (Å²) in [6, 6.07) is 3.56. The van der Waals surface area contributed by atoms with Crippen LogP contribution in [0.25, 0.3) is 0 Å². The van der Waals surface area contributed by atoms with Crippen LogP contribution in [-0.2, 0) is 4.79 Å². The molecule has 0 aromatic carbocycles. The maximum absolute atomic E-state index is 10.3. The van der Waals surface area contributed by atoms with E-state index in [1.54, 1.807) is 24.5 Å². The van der Waals surface area contributed by atoms with Crippen LogP contribution in [-0.4, -0.2) is 10.7 Å². The van der Waals surface area contributed by atoms with Crippen LogP contribution in [0.2, 0.25) is 0 Å². The van der Waals surface area contributed by atoms with Gasteiger partial charge in [-0.05, 0) is 12.1 Å². The van der Waals surface area contributed by atoms with Gasteiger partial charge in [0, 0.05) is 19.3 Å². The molecule has 0 bridgehead atoms. The molecule has 1 heterocycles. The molecule has 0 spiro atoms. The maximum atomic E-state index is 10.3. The SMILES string of the molecule is CC(=O)On1cccc1.[H-].[Na+]. The Morgan fingerprint density at radius 1 is 1.50 bits per heavy atom. The van der Waals surface area contributed by atoms with Crippen molar-refractivity contribution in [3.63, 3.8) is 0 Å². The molecule has 4 heteroatoms. The molecule has 1 aromatic heterocycles. The van der Waals surface area contributed by atoms with Crippen molar-refractivity contribution in [2.24, 2.45) is 0 Å². The molecule has 0 unspecified atom stereocenters. The van der Waals surface area contributed by atoms with Crippen molar-refractivity contribution in [3.05, 3.63) is 24.5 Å². The number of carbonyl (C=O) groups is 1. The molecule has 0 aliphatic carbocycles. The van der Waals surface area contributed by atoms with Crippen molar-refractivity contribution in [3.8, 4) is 0 Å². The molecule has 0 fully saturated rings. The summed E-state index contributed by atoms with van der Waals surface area (Å²) in [5.41, 5.74) is 0. The molecule has 0 radical (unpaired) electrons. The van der Waals surface area contributed by atoms with Gasteiger partial charge in [-0.15, -0.1) is 0 Å². The minimum absolute atomic E-state index is 0. The molecular formula is C6H8NNaO2. The van der Waals surface area contributed by atoms with Crippen LogP contribution in [0.1, 0.15) is 8.35 Å². The van der Waals surface area contributed by atoms with Gasteiger partial charge in [-0.25, -0.2) is 4.79 Å². The minimum Gasteiger partial charge on any atom is -1.00 e. The Bertz CT molecular complexity index is 200. The van der Waals surface area contributed by atoms with Gasteiger partial charge in [0.05, 0.1) is 0 Å². The fourth-order valence-electron chi connectivity index (χ4n) is 0.528. The molecule has 0 aliphatic heterocycles. The van der Waals surface area contributed by atoms with Gasteiger partial charge in [-0.2, -0.15) is 4.73 Å². The molecule has 0 amide bonds. The first-order chi connectivity index (χ1) is 4.29. The Hall–Kier alpha value is -0.250. The van der Waals surface area contributed by atoms with Gasteiger partial charge >= 0.3 is 35.5 Å². The number of aromatic nitrogens is 1. The molecule has 0 atom stereocenters. The van der Waals surface area contributed by atoms with Crippen LogP contribution in [0.4, 0.5) is 0 Å². The average Bonchev–Trinajstić information content (AvgIpc) is 2.15. The summed E-state index contributed by atoms with van der Waals surface area (Å²) in [6.45, 7) is 1.36. The smallest absolute Gasteiger partial charge is 1.00 e. The van der Waals surface area contributed by atoms with E-state index in [9.17, 15) is 4.79 Å². The van der Waals surface area contributed by atoms with Gasteiger partial charge in [-0.3, -0.25) is 0 Å². The third-order valence-electron chi connectivity index (χ3n) is 0.811. The zero-order chi connectivity index (χ0) is 6.69. The van der Waals surface area contributed by atoms with E-state index in [1.807, 2.05) is 0 Å². The summed E-state index contributed by atoms with van der Waals surface area (Å²) >= 11 is 0. The van der Waals surface area contributed by atoms with Gasteiger partial charge in [0.15, 0.2) is 0 Å². The topological polar surface area (TPSA) is 31.2 Å². The van der Waals surface area contributed by atoms with E-state index in [-0.39, 0.29) is 37.0 Å². The van der Waals surface area contributed by atoms with Crippen molar-refractivity contribution >= 4 is 5.97 Å². The largest absolute Gasteiger partial charge is 1.00 e. The predicted octanol–water partition coefficient (Wildman–Crippen LogP) is -2.42. The molecule has 10 heavy (non-hydrogen) atoms. The summed E-state index contributed by atoms with van der Waals surface area (Å²) in [6.07, 6.45) is 3.31. The van der Waals surface area contributed by atoms with E-state index in [2.05, 4.69) is 4.84 Å². The third-order valence-corrected chi connectivity index (χ3v) is 0.811. The minimum atomic E-state index is -0.314. The van der Waals surface area contributed by atoms with Gasteiger partial charge in [0.25, 0.3) is 0 Å². The van der Waals surface area contributed by atoms with Gasteiger partial charge in [0.2, 0.25) is 0 Å². The third kappa shape index (κ3) is 3.06. The van der Waals surface area contributed by atoms with E-state index in [0.717, 1.165) is 0 Å². The average molecular weight is 149 g/mol. The first-order valence-electron chi connectivity index (χ1n) is 2.61. The van der Waals surface area contributed by atoms with Crippen LogP contribution in [0, 0.1) is 0 Å². The molecular weight excluding hydrogens is 141 g/mol. The maximum Gasteiger partial charge on any atom is 1.00 e. The first-order valence-corrected chi connectivity index (χ1v) is 2.61. The number of carbonyl (C=O) groups excluding carboxylic acids is 1. The van der Waals surface area contributed by atoms with Crippen molar-refractivity contribution in [1.29, 1.82) is 0 Å². The van der Waals surface area contributed by atoms with Gasteiger partial charge < -0.3 is 6.26 Å². The number of hydrogen-bond acceptors (Lipinski definition) is 2. The summed E-state index contributed by atoms with van der Waals surface area (Å²) in [7, 11) is 0. The Kier molecular flexibility index (Phi) is 4.43. The fourth-order valence-corrected chi connectivity index (χ4v) is 0.528. The van der Waals surface area contributed by atoms with E-state index in [0.29, 0.717) is 0 Å². The fraction of sp³-hybridized carbons (Fsp3) is 0.167. The van der Waals surface area contributed by atoms with E-state index >= 15 is 0 Å². The Labute approximate surface area is 82.7 Å². The van der Waals surface area contributed by atoms with E-state index < -0.39 is 0 Å². The van der Waals surface area contributed by atoms with E-state index in [4.69, 9.17) is 0 Å². The number of rotatable bonds is 1. The molecule has 0 saturated heterocycles. The Balaban J connectivity index is 0. The summed E-state index contributed by atoms with van der Waals surface area (Å²) in [5.74, 6) is -0.314. The van der Waals surface area contributed by atoms with Crippen molar-refractivity contribution in [2.75, 3.05) is 0 Å². The van der Waals surface area contributed by atoms with Crippen molar-refractivity contribution in [1.82, 2.24) is 4.73 Å². The second-order valence-electron chi connectivity index (χ2n) is 1.63. The standard InChI is InChI=1S/C6H7NO2.Na.H/c1-6(8)9-7-4-2-3-5-7;;/h2-5H,1H3;;/q;+1;-1. The van der Waals surface area contributed by atoms with Crippen molar-refractivity contribution < 1.29 is 40.6 Å². The molecule has 1 rings (SSSR count). The van der Waals surface area contributed by atoms with Gasteiger partial charge in [0.1, 0.15) is 0 Å². The Morgan fingerprint density at radius 2 is 2.00 bits per heavy atom. The summed E-state index contributed by atoms with van der Waals surface area (Å²) < 4.78 is 1.35. The molecule has 0 saturated carbocycles. The van der Waals surface area contributed by atoms with Crippen LogP contribution in [0.5, 0.6) is 0 Å². The molecule has 0 N–H and O–H groups in total. The second kappa shape index (κ2) is 4.55. The first kappa shape index (κ1) is 9.75. The van der Waals surface area contributed by atoms with E-state index in [1.165, 1.54) is 11.7 Å². The summed E-state index contributed by atoms with van der Waals surface area (Å²) in [5, 5.41) is 0. The predicted molar refractivity (Wildman–Crippen MR) is 32.8 cm³/mol. The van der Waals surface area contributed by atoms with Crippen molar-refractivity contribution in [2.45, 2.75) is 6.92 Å². The monoisotopic (exact) mass is 149 g/mol. The Morgan fingerprint density at radius 3 is 2.40 bits per heavy atom. The molecule has 0 aliphatic rings. The van der Waals surface area contributed by atoms with Crippen LogP contribution >= 0.6 is 0 Å². The molecule has 1 aromatic rings. The summed E-state index contributed by atoms with van der Waals surface area (Å²) in [4.78, 5) is 14.9. The second-order valence-corrected chi connectivity index (χ2v) is 1.63. The normalized spacial score (nSPS) is 8.10. The molecule has 50 valence electrons. The zero-order valence-corrected chi connectivity index (χ0v) is 8.07. The van der Waals surface area contributed by atoms with Crippen LogP contribution < -0.4 is 34.4 Å². The molecule has 3 nitrogen and oxygen atoms in total. The quantitative estimate of drug-likeness (QED) is 0.416. The van der Waals surface area contributed by atoms with Crippen LogP contribution in [0.15, 0.2) is 24.5 Å².